The number of carbonyl (C=O) groups excluding carboxylic acids is 1. The number of aromatic nitrogens is 3. The van der Waals surface area contributed by atoms with E-state index in [1.807, 2.05) is 18.7 Å². The molecule has 1 aromatic heterocycles. The number of carboxylic acids is 1. The van der Waals surface area contributed by atoms with Gasteiger partial charge >= 0.3 is 0 Å². The van der Waals surface area contributed by atoms with Gasteiger partial charge in [0.25, 0.3) is 5.97 Å². The number of carboxylic acid groups (broad SMARTS) is 1. The molecule has 0 aromatic carbocycles. The molecular formula is C18H31N5O5. The molecule has 2 aliphatic rings. The average molecular weight is 397 g/mol. The minimum atomic E-state index is -0.833. The molecule has 0 spiro atoms. The van der Waals surface area contributed by atoms with E-state index in [1.54, 1.807) is 0 Å². The van der Waals surface area contributed by atoms with Crippen molar-refractivity contribution >= 4 is 11.9 Å². The molecule has 3 N–H and O–H groups in total. The SMILES string of the molecule is CC(=O)O.CCOCCC(=O)N1CC2CN(Cc3n[nH]c(C)n3)CC2(CO)C1. The van der Waals surface area contributed by atoms with Gasteiger partial charge in [-0.3, -0.25) is 19.6 Å². The van der Waals surface area contributed by atoms with Gasteiger partial charge in [-0.2, -0.15) is 5.10 Å². The number of likely N-dealkylation sites (tertiary alicyclic amines) is 2. The molecule has 2 saturated heterocycles. The lowest BCUT2D eigenvalue weighted by molar-refractivity contribution is -0.134. The number of amides is 1. The number of rotatable bonds is 7. The van der Waals surface area contributed by atoms with E-state index in [0.717, 1.165) is 38.2 Å². The Bertz CT molecular complexity index is 663. The van der Waals surface area contributed by atoms with Crippen molar-refractivity contribution in [3.05, 3.63) is 11.6 Å². The number of fused-ring (bicyclic) bond motifs is 1. The van der Waals surface area contributed by atoms with Gasteiger partial charge in [0.15, 0.2) is 5.82 Å². The summed E-state index contributed by atoms with van der Waals surface area (Å²) in [6.07, 6.45) is 0.419. The average Bonchev–Trinajstić information content (AvgIpc) is 3.27. The predicted molar refractivity (Wildman–Crippen MR) is 100 cm³/mol. The highest BCUT2D eigenvalue weighted by Crippen LogP contribution is 2.42. The summed E-state index contributed by atoms with van der Waals surface area (Å²) in [7, 11) is 0. The third-order valence-corrected chi connectivity index (χ3v) is 5.17. The number of nitrogens with one attached hydrogen (secondary N) is 1. The number of H-pyrrole nitrogens is 1. The maximum atomic E-state index is 12.3. The number of aliphatic carboxylic acids is 1. The Labute approximate surface area is 164 Å². The zero-order chi connectivity index (χ0) is 20.7. The summed E-state index contributed by atoms with van der Waals surface area (Å²) >= 11 is 0. The predicted octanol–water partition coefficient (Wildman–Crippen LogP) is -0.117. The van der Waals surface area contributed by atoms with Gasteiger partial charge in [0.1, 0.15) is 5.82 Å². The van der Waals surface area contributed by atoms with Gasteiger partial charge in [-0.15, -0.1) is 0 Å². The second-order valence-electron chi connectivity index (χ2n) is 7.46. The van der Waals surface area contributed by atoms with Crippen LogP contribution in [0.4, 0.5) is 0 Å². The van der Waals surface area contributed by atoms with Crippen LogP contribution in [-0.2, 0) is 20.9 Å². The second kappa shape index (κ2) is 9.94. The standard InChI is InChI=1S/C16H27N5O3.C2H4O2/c1-3-24-5-4-15(23)21-7-13-6-20(9-16(13,10-21)11-22)8-14-17-12(2)18-19-14;1-2(3)4/h13,22H,3-11H2,1-2H3,(H,17,18,19);1H3,(H,3,4). The van der Waals surface area contributed by atoms with Gasteiger partial charge in [-0.1, -0.05) is 0 Å². The first-order chi connectivity index (χ1) is 13.3. The van der Waals surface area contributed by atoms with E-state index in [-0.39, 0.29) is 17.9 Å². The molecule has 3 heterocycles. The normalized spacial score (nSPS) is 24.0. The molecule has 1 amide bonds. The van der Waals surface area contributed by atoms with Crippen molar-refractivity contribution in [1.82, 2.24) is 25.0 Å². The number of hydrogen-bond donors (Lipinski definition) is 3. The van der Waals surface area contributed by atoms with Crippen molar-refractivity contribution in [2.24, 2.45) is 11.3 Å². The van der Waals surface area contributed by atoms with E-state index in [4.69, 9.17) is 14.6 Å². The van der Waals surface area contributed by atoms with Crippen molar-refractivity contribution in [1.29, 1.82) is 0 Å². The van der Waals surface area contributed by atoms with E-state index in [1.165, 1.54) is 0 Å². The van der Waals surface area contributed by atoms with Gasteiger partial charge in [-0.05, 0) is 19.8 Å². The Hall–Kier alpha value is -2.04. The fraction of sp³-hybridized carbons (Fsp3) is 0.778. The Balaban J connectivity index is 0.000000640. The van der Waals surface area contributed by atoms with E-state index < -0.39 is 5.97 Å². The van der Waals surface area contributed by atoms with Crippen LogP contribution in [-0.4, -0.2) is 93.1 Å². The first-order valence-corrected chi connectivity index (χ1v) is 9.55. The van der Waals surface area contributed by atoms with Crippen LogP contribution in [0.15, 0.2) is 0 Å². The Morgan fingerprint density at radius 2 is 2.07 bits per heavy atom. The van der Waals surface area contributed by atoms with Crippen molar-refractivity contribution in [2.75, 3.05) is 46.0 Å². The topological polar surface area (TPSA) is 132 Å². The molecule has 28 heavy (non-hydrogen) atoms. The molecule has 2 unspecified atom stereocenters. The van der Waals surface area contributed by atoms with Gasteiger partial charge in [-0.25, -0.2) is 4.98 Å². The molecule has 10 nitrogen and oxygen atoms in total. The minimum Gasteiger partial charge on any atom is -0.481 e. The van der Waals surface area contributed by atoms with Crippen LogP contribution in [0.5, 0.6) is 0 Å². The summed E-state index contributed by atoms with van der Waals surface area (Å²) in [6, 6.07) is 0. The summed E-state index contributed by atoms with van der Waals surface area (Å²) in [5, 5.41) is 24.5. The molecule has 2 fully saturated rings. The van der Waals surface area contributed by atoms with E-state index in [0.29, 0.717) is 38.6 Å². The zero-order valence-corrected chi connectivity index (χ0v) is 16.8. The quantitative estimate of drug-likeness (QED) is 0.543. The fourth-order valence-electron chi connectivity index (χ4n) is 3.95. The monoisotopic (exact) mass is 397 g/mol. The maximum absolute atomic E-state index is 12.3. The number of aromatic amines is 1. The molecule has 10 heteroatoms. The number of aliphatic hydroxyl groups is 1. The van der Waals surface area contributed by atoms with E-state index in [9.17, 15) is 9.90 Å². The summed E-state index contributed by atoms with van der Waals surface area (Å²) < 4.78 is 5.27. The molecule has 158 valence electrons. The third kappa shape index (κ3) is 5.73. The number of carbonyl (C=O) groups is 2. The lowest BCUT2D eigenvalue weighted by Crippen LogP contribution is -2.39. The second-order valence-corrected chi connectivity index (χ2v) is 7.46. The molecule has 1 aromatic rings. The highest BCUT2D eigenvalue weighted by atomic mass is 16.5. The number of aliphatic hydroxyl groups excluding tert-OH is 1. The summed E-state index contributed by atoms with van der Waals surface area (Å²) in [5.41, 5.74) is -0.216. The van der Waals surface area contributed by atoms with Gasteiger partial charge in [0, 0.05) is 45.1 Å². The van der Waals surface area contributed by atoms with Crippen molar-refractivity contribution in [3.63, 3.8) is 0 Å². The lowest BCUT2D eigenvalue weighted by atomic mass is 9.82. The number of ether oxygens (including phenoxy) is 1. The van der Waals surface area contributed by atoms with Crippen LogP contribution < -0.4 is 0 Å². The number of nitrogens with zero attached hydrogens (tertiary/aromatic N) is 4. The van der Waals surface area contributed by atoms with Crippen LogP contribution in [0.25, 0.3) is 0 Å². The zero-order valence-electron chi connectivity index (χ0n) is 16.8. The van der Waals surface area contributed by atoms with Crippen molar-refractivity contribution < 1.29 is 24.5 Å². The Morgan fingerprint density at radius 3 is 2.61 bits per heavy atom. The van der Waals surface area contributed by atoms with Crippen LogP contribution in [0.3, 0.4) is 0 Å². The van der Waals surface area contributed by atoms with E-state index in [2.05, 4.69) is 20.1 Å². The van der Waals surface area contributed by atoms with E-state index >= 15 is 0 Å². The van der Waals surface area contributed by atoms with Crippen molar-refractivity contribution in [3.8, 4) is 0 Å². The number of hydrogen-bond acceptors (Lipinski definition) is 7. The lowest BCUT2D eigenvalue weighted by Gasteiger charge is -2.27. The minimum absolute atomic E-state index is 0.108. The molecule has 3 rings (SSSR count). The Morgan fingerprint density at radius 1 is 1.36 bits per heavy atom. The molecule has 2 aliphatic heterocycles. The smallest absolute Gasteiger partial charge is 0.300 e. The molecule has 0 radical (unpaired) electrons. The highest BCUT2D eigenvalue weighted by Gasteiger charge is 2.53. The van der Waals surface area contributed by atoms with Crippen molar-refractivity contribution in [2.45, 2.75) is 33.7 Å². The number of aryl methyl sites for hydroxylation is 1. The van der Waals surface area contributed by atoms with Crippen LogP contribution in [0, 0.1) is 18.3 Å². The van der Waals surface area contributed by atoms with Crippen LogP contribution in [0.2, 0.25) is 0 Å². The molecule has 0 saturated carbocycles. The first kappa shape index (κ1) is 22.3. The fourth-order valence-corrected chi connectivity index (χ4v) is 3.95. The molecular weight excluding hydrogens is 366 g/mol. The highest BCUT2D eigenvalue weighted by molar-refractivity contribution is 5.76. The van der Waals surface area contributed by atoms with Crippen LogP contribution in [0.1, 0.15) is 31.9 Å². The summed E-state index contributed by atoms with van der Waals surface area (Å²) in [4.78, 5) is 29.8. The molecule has 0 bridgehead atoms. The maximum Gasteiger partial charge on any atom is 0.300 e. The van der Waals surface area contributed by atoms with Gasteiger partial charge in [0.2, 0.25) is 5.91 Å². The molecule has 2 atom stereocenters. The summed E-state index contributed by atoms with van der Waals surface area (Å²) in [6.45, 7) is 9.77. The molecule has 0 aliphatic carbocycles. The third-order valence-electron chi connectivity index (χ3n) is 5.17. The van der Waals surface area contributed by atoms with Crippen LogP contribution >= 0.6 is 0 Å². The first-order valence-electron chi connectivity index (χ1n) is 9.55. The Kier molecular flexibility index (Phi) is 7.90. The summed E-state index contributed by atoms with van der Waals surface area (Å²) in [5.74, 6) is 1.19. The van der Waals surface area contributed by atoms with Gasteiger partial charge < -0.3 is 19.8 Å². The van der Waals surface area contributed by atoms with Gasteiger partial charge in [0.05, 0.1) is 26.2 Å². The largest absolute Gasteiger partial charge is 0.481 e.